The second kappa shape index (κ2) is 13.9. The fraction of sp³-hybridized carbons (Fsp3) is 0.400. The summed E-state index contributed by atoms with van der Waals surface area (Å²) in [6.45, 7) is 5.12. The summed E-state index contributed by atoms with van der Waals surface area (Å²) in [5, 5.41) is 12.5. The van der Waals surface area contributed by atoms with Gasteiger partial charge in [0.1, 0.15) is 5.69 Å². The molecule has 0 aliphatic carbocycles. The lowest BCUT2D eigenvalue weighted by molar-refractivity contribution is -0.276. The largest absolute Gasteiger partial charge is 0.392 e. The first-order valence-corrected chi connectivity index (χ1v) is 15.3. The smallest absolute Gasteiger partial charge is 0.271 e. The van der Waals surface area contributed by atoms with E-state index in [-0.39, 0.29) is 36.3 Å². The van der Waals surface area contributed by atoms with E-state index >= 15 is 0 Å². The summed E-state index contributed by atoms with van der Waals surface area (Å²) in [5.41, 5.74) is 5.54. The van der Waals surface area contributed by atoms with Gasteiger partial charge in [-0.3, -0.25) is 14.7 Å². The van der Waals surface area contributed by atoms with Gasteiger partial charge in [0, 0.05) is 37.7 Å². The number of nitrogens with zero attached hydrogens (tertiary/aromatic N) is 3. The van der Waals surface area contributed by atoms with Gasteiger partial charge < -0.3 is 24.6 Å². The van der Waals surface area contributed by atoms with Gasteiger partial charge in [-0.1, -0.05) is 67.6 Å². The number of amides is 1. The van der Waals surface area contributed by atoms with Crippen LogP contribution in [0.2, 0.25) is 0 Å². The zero-order valence-corrected chi connectivity index (χ0v) is 25.3. The van der Waals surface area contributed by atoms with E-state index in [1.165, 1.54) is 6.20 Å². The van der Waals surface area contributed by atoms with Gasteiger partial charge in [-0.15, -0.1) is 0 Å². The number of carbonyl (C=O) groups is 1. The van der Waals surface area contributed by atoms with Crippen molar-refractivity contribution in [1.29, 1.82) is 0 Å². The summed E-state index contributed by atoms with van der Waals surface area (Å²) < 4.78 is 18.8. The van der Waals surface area contributed by atoms with Crippen molar-refractivity contribution in [2.45, 2.75) is 57.5 Å². The Balaban J connectivity index is 1.16. The number of para-hydroxylation sites is 2. The number of aliphatic hydroxyl groups is 1. The van der Waals surface area contributed by atoms with Gasteiger partial charge >= 0.3 is 0 Å². The van der Waals surface area contributed by atoms with Crippen molar-refractivity contribution in [3.63, 3.8) is 0 Å². The molecule has 0 unspecified atom stereocenters. The summed E-state index contributed by atoms with van der Waals surface area (Å²) in [4.78, 5) is 24.1. The van der Waals surface area contributed by atoms with Crippen LogP contribution in [0.4, 0.5) is 0 Å². The number of carbonyl (C=O) groups excluding carboxylic acids is 1. The van der Waals surface area contributed by atoms with E-state index in [2.05, 4.69) is 27.1 Å². The molecule has 0 saturated carbocycles. The molecule has 230 valence electrons. The van der Waals surface area contributed by atoms with Crippen molar-refractivity contribution in [1.82, 2.24) is 20.2 Å². The number of nitrogens with one attached hydrogen (secondary N) is 1. The van der Waals surface area contributed by atoms with Gasteiger partial charge in [0.2, 0.25) is 0 Å². The maximum Gasteiger partial charge on any atom is 0.271 e. The minimum atomic E-state index is -0.543. The average molecular weight is 597 g/mol. The number of aliphatic hydroxyl groups excluding tert-OH is 1. The van der Waals surface area contributed by atoms with Crippen LogP contribution >= 0.6 is 0 Å². The van der Waals surface area contributed by atoms with Gasteiger partial charge in [0.05, 0.1) is 42.7 Å². The van der Waals surface area contributed by atoms with Crippen LogP contribution in [0.15, 0.2) is 79.0 Å². The summed E-state index contributed by atoms with van der Waals surface area (Å²) in [7, 11) is 1.76. The van der Waals surface area contributed by atoms with E-state index in [1.807, 2.05) is 72.8 Å². The second-order valence-electron chi connectivity index (χ2n) is 11.7. The van der Waals surface area contributed by atoms with E-state index in [0.29, 0.717) is 18.1 Å². The van der Waals surface area contributed by atoms with Crippen molar-refractivity contribution >= 4 is 16.9 Å². The van der Waals surface area contributed by atoms with Crippen LogP contribution in [0.1, 0.15) is 64.9 Å². The Kier molecular flexibility index (Phi) is 9.59. The van der Waals surface area contributed by atoms with Crippen LogP contribution in [0.5, 0.6) is 0 Å². The molecule has 1 amide bonds. The normalized spacial score (nSPS) is 24.0. The Morgan fingerprint density at radius 1 is 1.00 bits per heavy atom. The van der Waals surface area contributed by atoms with Crippen molar-refractivity contribution in [2.75, 3.05) is 26.8 Å². The van der Waals surface area contributed by atoms with Gasteiger partial charge in [0.25, 0.3) is 5.91 Å². The molecule has 3 aromatic carbocycles. The van der Waals surface area contributed by atoms with E-state index < -0.39 is 6.29 Å². The van der Waals surface area contributed by atoms with Crippen LogP contribution in [-0.2, 0) is 27.4 Å². The lowest BCUT2D eigenvalue weighted by Gasteiger charge is -2.43. The predicted molar refractivity (Wildman–Crippen MR) is 167 cm³/mol. The topological polar surface area (TPSA) is 106 Å². The lowest BCUT2D eigenvalue weighted by atomic mass is 9.90. The monoisotopic (exact) mass is 596 g/mol. The molecule has 1 aromatic heterocycles. The van der Waals surface area contributed by atoms with Gasteiger partial charge in [-0.2, -0.15) is 0 Å². The first-order valence-electron chi connectivity index (χ1n) is 15.3. The number of methoxy groups -OCH3 is 1. The average Bonchev–Trinajstić information content (AvgIpc) is 3.51. The van der Waals surface area contributed by atoms with E-state index in [1.54, 1.807) is 7.11 Å². The SMILES string of the molecule is COC[C@@H]1CCCN1C[C@@H]1O[C@H](c2ccc(CNC(=O)c3cnc4ccccc4n3)cc2)O[C@H](c2ccc(CO)cc2)[C@@H]1C. The molecule has 5 atom stereocenters. The van der Waals surface area contributed by atoms with Crippen molar-refractivity contribution in [3.05, 3.63) is 107 Å². The third-order valence-electron chi connectivity index (χ3n) is 8.78. The molecule has 9 nitrogen and oxygen atoms in total. The minimum absolute atomic E-state index is 0.00796. The number of hydrogen-bond donors (Lipinski definition) is 2. The standard InChI is InChI=1S/C35H40N4O5/c1-23-32(20-39-17-5-6-28(39)22-42-2)43-35(44-33(23)26-13-11-25(21-40)12-14-26)27-15-9-24(10-16-27)18-37-34(41)31-19-36-29-7-3-4-8-30(29)38-31/h3-4,7-16,19,23,28,32-33,35,40H,5-6,17-18,20-22H2,1-2H3,(H,37,41)/t23-,28+,32+,33+,35+/m1/s1. The highest BCUT2D eigenvalue weighted by Gasteiger charge is 2.40. The summed E-state index contributed by atoms with van der Waals surface area (Å²) in [5.74, 6) is -0.158. The maximum atomic E-state index is 12.8. The summed E-state index contributed by atoms with van der Waals surface area (Å²) in [6, 6.07) is 23.9. The first kappa shape index (κ1) is 30.3. The molecule has 6 rings (SSSR count). The number of rotatable bonds is 10. The second-order valence-corrected chi connectivity index (χ2v) is 11.7. The maximum absolute atomic E-state index is 12.8. The van der Waals surface area contributed by atoms with Gasteiger partial charge in [-0.05, 0) is 48.2 Å². The van der Waals surface area contributed by atoms with Crippen LogP contribution in [0.3, 0.4) is 0 Å². The minimum Gasteiger partial charge on any atom is -0.392 e. The number of benzene rings is 3. The van der Waals surface area contributed by atoms with Crippen molar-refractivity contribution in [2.24, 2.45) is 5.92 Å². The Morgan fingerprint density at radius 2 is 1.73 bits per heavy atom. The Hall–Kier alpha value is -3.73. The highest BCUT2D eigenvalue weighted by molar-refractivity contribution is 5.93. The number of hydrogen-bond acceptors (Lipinski definition) is 8. The molecule has 2 aliphatic heterocycles. The van der Waals surface area contributed by atoms with Gasteiger partial charge in [0.15, 0.2) is 6.29 Å². The van der Waals surface area contributed by atoms with E-state index in [0.717, 1.165) is 60.3 Å². The van der Waals surface area contributed by atoms with Crippen molar-refractivity contribution in [3.8, 4) is 0 Å². The molecule has 44 heavy (non-hydrogen) atoms. The fourth-order valence-corrected chi connectivity index (χ4v) is 6.21. The molecular weight excluding hydrogens is 556 g/mol. The van der Waals surface area contributed by atoms with Crippen LogP contribution in [-0.4, -0.2) is 64.8 Å². The zero-order chi connectivity index (χ0) is 30.5. The number of fused-ring (bicyclic) bond motifs is 1. The fourth-order valence-electron chi connectivity index (χ4n) is 6.21. The molecule has 2 aliphatic rings. The molecule has 0 spiro atoms. The highest BCUT2D eigenvalue weighted by Crippen LogP contribution is 2.42. The molecule has 2 fully saturated rings. The van der Waals surface area contributed by atoms with Crippen LogP contribution < -0.4 is 5.32 Å². The molecule has 2 N–H and O–H groups in total. The summed E-state index contributed by atoms with van der Waals surface area (Å²) >= 11 is 0. The number of aromatic nitrogens is 2. The van der Waals surface area contributed by atoms with E-state index in [9.17, 15) is 9.90 Å². The highest BCUT2D eigenvalue weighted by atomic mass is 16.7. The third kappa shape index (κ3) is 6.82. The zero-order valence-electron chi connectivity index (χ0n) is 25.3. The molecule has 3 heterocycles. The molecule has 0 radical (unpaired) electrons. The Morgan fingerprint density at radius 3 is 2.48 bits per heavy atom. The van der Waals surface area contributed by atoms with Crippen LogP contribution in [0.25, 0.3) is 11.0 Å². The molecule has 0 bridgehead atoms. The molecule has 2 saturated heterocycles. The van der Waals surface area contributed by atoms with Crippen LogP contribution in [0, 0.1) is 5.92 Å². The number of likely N-dealkylation sites (tertiary alicyclic amines) is 1. The molecule has 4 aromatic rings. The molecule has 9 heteroatoms. The number of ether oxygens (including phenoxy) is 3. The third-order valence-corrected chi connectivity index (χ3v) is 8.78. The summed E-state index contributed by atoms with van der Waals surface area (Å²) in [6.07, 6.45) is 3.04. The lowest BCUT2D eigenvalue weighted by Crippen LogP contribution is -2.46. The molecular formula is C35H40N4O5. The van der Waals surface area contributed by atoms with Crippen molar-refractivity contribution < 1.29 is 24.1 Å². The van der Waals surface area contributed by atoms with Gasteiger partial charge in [-0.25, -0.2) is 4.98 Å². The Bertz CT molecular complexity index is 1550. The predicted octanol–water partition coefficient (Wildman–Crippen LogP) is 4.95. The quantitative estimate of drug-likeness (QED) is 0.265. The Labute approximate surface area is 258 Å². The first-order chi connectivity index (χ1) is 21.5. The van der Waals surface area contributed by atoms with E-state index in [4.69, 9.17) is 14.2 Å².